The SMILES string of the molecule is [3H]C([3H])([3H])Oc1ccccc1CC(=O)Cc1ccc(-c2cn(C)c3ccccc23)nc1. The Labute approximate surface area is 168 Å². The summed E-state index contributed by atoms with van der Waals surface area (Å²) < 4.78 is 29.0. The van der Waals surface area contributed by atoms with Crippen LogP contribution in [0.5, 0.6) is 5.75 Å². The molecule has 0 unspecified atom stereocenters. The molecule has 0 atom stereocenters. The van der Waals surface area contributed by atoms with Crippen LogP contribution >= 0.6 is 0 Å². The average molecular weight is 376 g/mol. The number of Topliss-reactive ketones (excluding diaryl/α,β-unsaturated/α-hetero) is 1. The zero-order chi connectivity index (χ0) is 22.0. The van der Waals surface area contributed by atoms with Crippen LogP contribution < -0.4 is 4.74 Å². The van der Waals surface area contributed by atoms with Crippen molar-refractivity contribution in [2.45, 2.75) is 12.8 Å². The second-order valence-corrected chi connectivity index (χ2v) is 6.82. The molecule has 0 radical (unpaired) electrons. The van der Waals surface area contributed by atoms with E-state index in [1.807, 2.05) is 31.3 Å². The van der Waals surface area contributed by atoms with E-state index in [2.05, 4.69) is 27.9 Å². The lowest BCUT2D eigenvalue weighted by molar-refractivity contribution is -0.117. The van der Waals surface area contributed by atoms with Gasteiger partial charge in [0.1, 0.15) is 11.5 Å². The second kappa shape index (κ2) is 7.69. The molecule has 0 aliphatic rings. The van der Waals surface area contributed by atoms with E-state index in [9.17, 15) is 4.79 Å². The number of ether oxygens (including phenoxy) is 1. The standard InChI is InChI=1S/C24H22N2O2/c1-26-16-21(20-8-4-5-9-23(20)26)22-12-11-17(15-25-22)13-19(27)14-18-7-3-6-10-24(18)28-2/h3-12,15-16H,13-14H2,1-2H3/i2T3. The number of aromatic nitrogens is 2. The lowest BCUT2D eigenvalue weighted by Crippen LogP contribution is -2.08. The van der Waals surface area contributed by atoms with Crippen molar-refractivity contribution in [3.63, 3.8) is 0 Å². The molecule has 2 heterocycles. The van der Waals surface area contributed by atoms with E-state index in [-0.39, 0.29) is 24.4 Å². The van der Waals surface area contributed by atoms with E-state index < -0.39 is 7.04 Å². The monoisotopic (exact) mass is 376 g/mol. The van der Waals surface area contributed by atoms with Crippen molar-refractivity contribution >= 4 is 16.7 Å². The Kier molecular flexibility index (Phi) is 4.02. The van der Waals surface area contributed by atoms with Crippen molar-refractivity contribution in [1.82, 2.24) is 9.55 Å². The Morgan fingerprint density at radius 2 is 1.89 bits per heavy atom. The maximum atomic E-state index is 12.6. The minimum atomic E-state index is -2.56. The first-order valence-corrected chi connectivity index (χ1v) is 9.08. The van der Waals surface area contributed by atoms with E-state index in [4.69, 9.17) is 8.85 Å². The molecule has 0 aliphatic heterocycles. The highest BCUT2D eigenvalue weighted by molar-refractivity contribution is 5.95. The van der Waals surface area contributed by atoms with Crippen LogP contribution in [-0.2, 0) is 24.7 Å². The minimum Gasteiger partial charge on any atom is -0.496 e. The van der Waals surface area contributed by atoms with Crippen LogP contribution in [0, 0.1) is 0 Å². The number of benzene rings is 2. The first-order valence-electron chi connectivity index (χ1n) is 10.6. The Morgan fingerprint density at radius 1 is 1.07 bits per heavy atom. The number of nitrogens with zero attached hydrogens (tertiary/aromatic N) is 2. The Bertz CT molecular complexity index is 1230. The van der Waals surface area contributed by atoms with Crippen LogP contribution in [0.25, 0.3) is 22.2 Å². The summed E-state index contributed by atoms with van der Waals surface area (Å²) in [6.07, 6.45) is 4.09. The molecule has 0 bridgehead atoms. The maximum Gasteiger partial charge on any atom is 0.141 e. The second-order valence-electron chi connectivity index (χ2n) is 6.82. The summed E-state index contributed by atoms with van der Waals surface area (Å²) in [6, 6.07) is 18.7. The molecule has 2 aromatic heterocycles. The lowest BCUT2D eigenvalue weighted by Gasteiger charge is -2.07. The van der Waals surface area contributed by atoms with Gasteiger partial charge in [-0.25, -0.2) is 0 Å². The van der Waals surface area contributed by atoms with Gasteiger partial charge in [0.15, 0.2) is 0 Å². The van der Waals surface area contributed by atoms with Gasteiger partial charge in [-0.2, -0.15) is 0 Å². The number of para-hydroxylation sites is 2. The molecule has 0 spiro atoms. The normalized spacial score (nSPS) is 13.0. The Hall–Kier alpha value is -3.40. The number of fused-ring (bicyclic) bond motifs is 1. The average Bonchev–Trinajstić information content (AvgIpc) is 3.06. The summed E-state index contributed by atoms with van der Waals surface area (Å²) in [4.78, 5) is 17.2. The van der Waals surface area contributed by atoms with Gasteiger partial charge in [-0.1, -0.05) is 42.5 Å². The molecule has 28 heavy (non-hydrogen) atoms. The van der Waals surface area contributed by atoms with Gasteiger partial charge < -0.3 is 9.30 Å². The highest BCUT2D eigenvalue weighted by Crippen LogP contribution is 2.28. The number of ketones is 1. The van der Waals surface area contributed by atoms with Gasteiger partial charge in [-0.3, -0.25) is 9.78 Å². The molecule has 2 aromatic carbocycles. The molecular weight excluding hydrogens is 348 g/mol. The maximum absolute atomic E-state index is 12.6. The number of hydrogen-bond acceptors (Lipinski definition) is 3. The summed E-state index contributed by atoms with van der Waals surface area (Å²) in [5, 5.41) is 1.13. The number of hydrogen-bond donors (Lipinski definition) is 0. The number of methoxy groups -OCH3 is 1. The molecule has 4 rings (SSSR count). The minimum absolute atomic E-state index is 0.0405. The first-order chi connectivity index (χ1) is 14.8. The quantitative estimate of drug-likeness (QED) is 0.494. The molecule has 0 saturated heterocycles. The molecule has 4 heteroatoms. The van der Waals surface area contributed by atoms with Crippen LogP contribution in [0.4, 0.5) is 0 Å². The molecule has 140 valence electrons. The van der Waals surface area contributed by atoms with Crippen molar-refractivity contribution in [2.75, 3.05) is 7.04 Å². The van der Waals surface area contributed by atoms with Crippen molar-refractivity contribution in [1.29, 1.82) is 0 Å². The van der Waals surface area contributed by atoms with Gasteiger partial charge in [-0.15, -0.1) is 0 Å². The number of carbonyl (C=O) groups is 1. The zero-order valence-electron chi connectivity index (χ0n) is 18.6. The van der Waals surface area contributed by atoms with Crippen molar-refractivity contribution in [2.24, 2.45) is 7.05 Å². The first kappa shape index (κ1) is 14.6. The number of carbonyl (C=O) groups excluding carboxylic acids is 1. The lowest BCUT2D eigenvalue weighted by atomic mass is 10.0. The molecule has 0 saturated carbocycles. The predicted octanol–water partition coefficient (Wildman–Crippen LogP) is 4.60. The van der Waals surface area contributed by atoms with Gasteiger partial charge in [-0.05, 0) is 23.8 Å². The van der Waals surface area contributed by atoms with Crippen LogP contribution in [-0.4, -0.2) is 22.4 Å². The predicted molar refractivity (Wildman–Crippen MR) is 112 cm³/mol. The fourth-order valence-corrected chi connectivity index (χ4v) is 3.49. The number of pyridine rings is 1. The van der Waals surface area contributed by atoms with E-state index in [1.165, 1.54) is 0 Å². The fourth-order valence-electron chi connectivity index (χ4n) is 3.49. The molecule has 4 nitrogen and oxygen atoms in total. The summed E-state index contributed by atoms with van der Waals surface area (Å²) >= 11 is 0. The smallest absolute Gasteiger partial charge is 0.141 e. The zero-order valence-corrected chi connectivity index (χ0v) is 15.6. The van der Waals surface area contributed by atoms with Gasteiger partial charge >= 0.3 is 0 Å². The fraction of sp³-hybridized carbons (Fsp3) is 0.167. The van der Waals surface area contributed by atoms with E-state index in [0.29, 0.717) is 5.56 Å². The van der Waals surface area contributed by atoms with Gasteiger partial charge in [0, 0.05) is 54.3 Å². The van der Waals surface area contributed by atoms with Gasteiger partial charge in [0.05, 0.1) is 16.8 Å². The van der Waals surface area contributed by atoms with E-state index in [0.717, 1.165) is 27.7 Å². The summed E-state index contributed by atoms with van der Waals surface area (Å²) in [6.45, 7) is 0. The van der Waals surface area contributed by atoms with E-state index >= 15 is 0 Å². The largest absolute Gasteiger partial charge is 0.496 e. The third kappa shape index (κ3) is 3.54. The molecular formula is C24H22N2O2. The van der Waals surface area contributed by atoms with Crippen LogP contribution in [0.1, 0.15) is 15.2 Å². The molecule has 0 amide bonds. The Morgan fingerprint density at radius 3 is 2.71 bits per heavy atom. The molecule has 0 fully saturated rings. The summed E-state index contributed by atoms with van der Waals surface area (Å²) in [7, 11) is -0.548. The van der Waals surface area contributed by atoms with Gasteiger partial charge in [0.2, 0.25) is 0 Å². The molecule has 4 aromatic rings. The summed E-state index contributed by atoms with van der Waals surface area (Å²) in [5.74, 6) is 0.168. The number of aryl methyl sites for hydroxylation is 1. The third-order valence-electron chi connectivity index (χ3n) is 4.87. The van der Waals surface area contributed by atoms with Crippen LogP contribution in [0.2, 0.25) is 0 Å². The Balaban J connectivity index is 1.48. The van der Waals surface area contributed by atoms with Crippen LogP contribution in [0.3, 0.4) is 0 Å². The van der Waals surface area contributed by atoms with E-state index in [1.54, 1.807) is 30.5 Å². The van der Waals surface area contributed by atoms with Gasteiger partial charge in [0.25, 0.3) is 0 Å². The van der Waals surface area contributed by atoms with Crippen molar-refractivity contribution in [3.8, 4) is 17.0 Å². The number of rotatable bonds is 6. The van der Waals surface area contributed by atoms with Crippen LogP contribution in [0.15, 0.2) is 73.1 Å². The highest BCUT2D eigenvalue weighted by atomic mass is 16.5. The molecule has 0 N–H and O–H groups in total. The van der Waals surface area contributed by atoms with Crippen molar-refractivity contribution in [3.05, 3.63) is 84.2 Å². The third-order valence-corrected chi connectivity index (χ3v) is 4.87. The van der Waals surface area contributed by atoms with Crippen molar-refractivity contribution < 1.29 is 13.6 Å². The highest BCUT2D eigenvalue weighted by Gasteiger charge is 2.12. The topological polar surface area (TPSA) is 44.1 Å². The molecule has 0 aliphatic carbocycles. The summed E-state index contributed by atoms with van der Waals surface area (Å²) in [5.41, 5.74) is 4.40.